The Hall–Kier alpha value is -2.50. The molecule has 0 aliphatic carbocycles. The second-order valence-corrected chi connectivity index (χ2v) is 9.59. The van der Waals surface area contributed by atoms with Crippen LogP contribution < -0.4 is 11.1 Å². The number of fused-ring (bicyclic) bond motifs is 1. The van der Waals surface area contributed by atoms with Crippen LogP contribution in [0.3, 0.4) is 0 Å². The molecule has 1 amide bonds. The minimum Gasteiger partial charge on any atom is -0.369 e. The molecular weight excluding hydrogens is 386 g/mol. The Kier molecular flexibility index (Phi) is 5.75. The summed E-state index contributed by atoms with van der Waals surface area (Å²) >= 11 is 0. The van der Waals surface area contributed by atoms with Gasteiger partial charge in [-0.1, -0.05) is 55.5 Å². The molecule has 3 atom stereocenters. The maximum absolute atomic E-state index is 14.0. The van der Waals surface area contributed by atoms with Crippen LogP contribution in [-0.2, 0) is 11.2 Å². The highest BCUT2D eigenvalue weighted by atomic mass is 16.2. The lowest BCUT2D eigenvalue weighted by atomic mass is 9.63. The second-order valence-electron chi connectivity index (χ2n) is 9.59. The maximum Gasteiger partial charge on any atom is 0.227 e. The summed E-state index contributed by atoms with van der Waals surface area (Å²) in [4.78, 5) is 29.3. The first kappa shape index (κ1) is 21.7. The smallest absolute Gasteiger partial charge is 0.227 e. The fraction of sp³-hybridized carbons (Fsp3) is 0.462. The first-order valence-electron chi connectivity index (χ1n) is 11.2. The molecule has 2 heterocycles. The molecule has 1 unspecified atom stereocenters. The van der Waals surface area contributed by atoms with Gasteiger partial charge in [0.15, 0.2) is 5.78 Å². The quantitative estimate of drug-likeness (QED) is 0.677. The molecular formula is C26H33N3O2. The summed E-state index contributed by atoms with van der Waals surface area (Å²) in [6.45, 7) is 8.66. The predicted molar refractivity (Wildman–Crippen MR) is 123 cm³/mol. The van der Waals surface area contributed by atoms with E-state index >= 15 is 0 Å². The van der Waals surface area contributed by atoms with E-state index in [1.54, 1.807) is 0 Å². The van der Waals surface area contributed by atoms with Crippen molar-refractivity contribution in [3.63, 3.8) is 0 Å². The Morgan fingerprint density at radius 2 is 1.74 bits per heavy atom. The summed E-state index contributed by atoms with van der Waals surface area (Å²) in [7, 11) is 0. The SMILES string of the molecule is Cc1cccc(C)c1C(=O)[C@H]1N(CCCc2ccccc2)CC2(C)CNC[C@]12C(N)=O. The number of ketones is 1. The fourth-order valence-electron chi connectivity index (χ4n) is 5.97. The third-order valence-electron chi connectivity index (χ3n) is 7.55. The third-order valence-corrected chi connectivity index (χ3v) is 7.55. The van der Waals surface area contributed by atoms with Gasteiger partial charge in [0.2, 0.25) is 5.91 Å². The van der Waals surface area contributed by atoms with Crippen LogP contribution in [-0.4, -0.2) is 48.8 Å². The van der Waals surface area contributed by atoms with Gasteiger partial charge < -0.3 is 11.1 Å². The van der Waals surface area contributed by atoms with Crippen molar-refractivity contribution in [1.29, 1.82) is 0 Å². The standard InChI is InChI=1S/C26H33N3O2/c1-18-9-7-10-19(2)21(18)22(30)23-26(24(27)31)16-28-15-25(26,3)17-29(23)14-8-13-20-11-5-4-6-12-20/h4-7,9-12,23,28H,8,13-17H2,1-3H3,(H2,27,31)/t23-,25?,26-/m1/s1. The van der Waals surface area contributed by atoms with Crippen LogP contribution >= 0.6 is 0 Å². The Morgan fingerprint density at radius 1 is 1.06 bits per heavy atom. The number of rotatable bonds is 7. The van der Waals surface area contributed by atoms with Gasteiger partial charge in [-0.05, 0) is 49.9 Å². The van der Waals surface area contributed by atoms with E-state index in [4.69, 9.17) is 5.73 Å². The van der Waals surface area contributed by atoms with Gasteiger partial charge in [0.1, 0.15) is 0 Å². The number of likely N-dealkylation sites (tertiary alicyclic amines) is 1. The van der Waals surface area contributed by atoms with Crippen molar-refractivity contribution in [2.45, 2.75) is 39.7 Å². The molecule has 2 saturated heterocycles. The molecule has 4 rings (SSSR count). The molecule has 5 heteroatoms. The summed E-state index contributed by atoms with van der Waals surface area (Å²) in [5, 5.41) is 3.38. The van der Waals surface area contributed by atoms with E-state index in [1.807, 2.05) is 38.1 Å². The lowest BCUT2D eigenvalue weighted by molar-refractivity contribution is -0.131. The van der Waals surface area contributed by atoms with Crippen molar-refractivity contribution < 1.29 is 9.59 Å². The molecule has 0 radical (unpaired) electrons. The zero-order chi connectivity index (χ0) is 22.2. The lowest BCUT2D eigenvalue weighted by Crippen LogP contribution is -2.57. The van der Waals surface area contributed by atoms with Crippen molar-refractivity contribution in [3.8, 4) is 0 Å². The molecule has 31 heavy (non-hydrogen) atoms. The molecule has 2 aromatic carbocycles. The number of carbonyl (C=O) groups is 2. The van der Waals surface area contributed by atoms with E-state index in [0.717, 1.165) is 36.1 Å². The third kappa shape index (κ3) is 3.50. The van der Waals surface area contributed by atoms with Crippen LogP contribution in [0.5, 0.6) is 0 Å². The van der Waals surface area contributed by atoms with Crippen LogP contribution in [0.4, 0.5) is 0 Å². The number of nitrogens with one attached hydrogen (secondary N) is 1. The van der Waals surface area contributed by atoms with Gasteiger partial charge in [-0.2, -0.15) is 0 Å². The minimum atomic E-state index is -0.897. The molecule has 2 aliphatic heterocycles. The molecule has 5 nitrogen and oxygen atoms in total. The average molecular weight is 420 g/mol. The topological polar surface area (TPSA) is 75.4 Å². The molecule has 0 bridgehead atoms. The van der Waals surface area contributed by atoms with Gasteiger partial charge in [-0.15, -0.1) is 0 Å². The van der Waals surface area contributed by atoms with Crippen LogP contribution in [0.2, 0.25) is 0 Å². The lowest BCUT2D eigenvalue weighted by Gasteiger charge is -2.37. The zero-order valence-electron chi connectivity index (χ0n) is 18.8. The van der Waals surface area contributed by atoms with Gasteiger partial charge in [0, 0.05) is 30.6 Å². The number of hydrogen-bond acceptors (Lipinski definition) is 4. The van der Waals surface area contributed by atoms with Crippen LogP contribution in [0, 0.1) is 24.7 Å². The summed E-state index contributed by atoms with van der Waals surface area (Å²) in [5.41, 5.74) is 8.74. The summed E-state index contributed by atoms with van der Waals surface area (Å²) < 4.78 is 0. The first-order valence-corrected chi connectivity index (χ1v) is 11.2. The number of amides is 1. The van der Waals surface area contributed by atoms with Gasteiger partial charge >= 0.3 is 0 Å². The van der Waals surface area contributed by atoms with Crippen molar-refractivity contribution in [3.05, 3.63) is 70.8 Å². The van der Waals surface area contributed by atoms with Crippen LogP contribution in [0.25, 0.3) is 0 Å². The van der Waals surface area contributed by atoms with Crippen molar-refractivity contribution in [1.82, 2.24) is 10.2 Å². The summed E-state index contributed by atoms with van der Waals surface area (Å²) in [6, 6.07) is 15.8. The highest BCUT2D eigenvalue weighted by Gasteiger charge is 2.68. The number of primary amides is 1. The van der Waals surface area contributed by atoms with E-state index in [9.17, 15) is 9.59 Å². The highest BCUT2D eigenvalue weighted by molar-refractivity contribution is 6.06. The van der Waals surface area contributed by atoms with Gasteiger partial charge in [0.25, 0.3) is 0 Å². The number of aryl methyl sites for hydroxylation is 3. The molecule has 0 spiro atoms. The minimum absolute atomic E-state index is 0.0292. The Bertz CT molecular complexity index is 969. The number of carbonyl (C=O) groups excluding carboxylic acids is 2. The molecule has 2 fully saturated rings. The largest absolute Gasteiger partial charge is 0.369 e. The highest BCUT2D eigenvalue weighted by Crippen LogP contribution is 2.53. The monoisotopic (exact) mass is 419 g/mol. The fourth-order valence-corrected chi connectivity index (χ4v) is 5.97. The number of benzene rings is 2. The Labute approximate surface area is 185 Å². The average Bonchev–Trinajstić information content (AvgIpc) is 3.18. The molecule has 2 aromatic rings. The van der Waals surface area contributed by atoms with Gasteiger partial charge in [-0.25, -0.2) is 0 Å². The molecule has 0 aromatic heterocycles. The van der Waals surface area contributed by atoms with E-state index in [-0.39, 0.29) is 17.1 Å². The van der Waals surface area contributed by atoms with Crippen LogP contribution in [0.15, 0.2) is 48.5 Å². The number of nitrogens with zero attached hydrogens (tertiary/aromatic N) is 1. The normalized spacial score (nSPS) is 27.9. The number of Topliss-reactive ketones (excluding diaryl/α,β-unsaturated/α-hetero) is 1. The predicted octanol–water partition coefficient (Wildman–Crippen LogP) is 2.88. The van der Waals surface area contributed by atoms with E-state index < -0.39 is 11.5 Å². The summed E-state index contributed by atoms with van der Waals surface area (Å²) in [5.74, 6) is -0.336. The molecule has 164 valence electrons. The molecule has 3 N–H and O–H groups in total. The zero-order valence-corrected chi connectivity index (χ0v) is 18.8. The van der Waals surface area contributed by atoms with Crippen LogP contribution in [0.1, 0.15) is 40.4 Å². The van der Waals surface area contributed by atoms with Crippen molar-refractivity contribution in [2.75, 3.05) is 26.2 Å². The number of nitrogens with two attached hydrogens (primary N) is 1. The van der Waals surface area contributed by atoms with E-state index in [0.29, 0.717) is 19.6 Å². The van der Waals surface area contributed by atoms with E-state index in [2.05, 4.69) is 41.4 Å². The summed E-state index contributed by atoms with van der Waals surface area (Å²) in [6.07, 6.45) is 1.87. The first-order chi connectivity index (χ1) is 14.8. The molecule has 0 saturated carbocycles. The van der Waals surface area contributed by atoms with Gasteiger partial charge in [0.05, 0.1) is 11.5 Å². The van der Waals surface area contributed by atoms with Crippen molar-refractivity contribution in [2.24, 2.45) is 16.6 Å². The molecule has 2 aliphatic rings. The Balaban J connectivity index is 1.68. The van der Waals surface area contributed by atoms with Crippen molar-refractivity contribution >= 4 is 11.7 Å². The second kappa shape index (κ2) is 8.21. The number of hydrogen-bond donors (Lipinski definition) is 2. The van der Waals surface area contributed by atoms with E-state index in [1.165, 1.54) is 5.56 Å². The maximum atomic E-state index is 14.0. The van der Waals surface area contributed by atoms with Gasteiger partial charge in [-0.3, -0.25) is 14.5 Å². The Morgan fingerprint density at radius 3 is 2.39 bits per heavy atom.